The molecule has 0 aromatic carbocycles. The number of piperazine rings is 1. The predicted molar refractivity (Wildman–Crippen MR) is 77.8 cm³/mol. The quantitative estimate of drug-likeness (QED) is 0.862. The number of aromatic nitrogens is 1. The van der Waals surface area contributed by atoms with Crippen LogP contribution in [0.3, 0.4) is 0 Å². The van der Waals surface area contributed by atoms with Gasteiger partial charge in [0, 0.05) is 32.2 Å². The van der Waals surface area contributed by atoms with Crippen LogP contribution >= 0.6 is 0 Å². The van der Waals surface area contributed by atoms with Crippen LogP contribution in [0.4, 0.5) is 5.88 Å². The Bertz CT molecular complexity index is 631. The zero-order chi connectivity index (χ0) is 14.8. The Kier molecular flexibility index (Phi) is 3.67. The Morgan fingerprint density at radius 3 is 2.62 bits per heavy atom. The number of oxazole rings is 1. The lowest BCUT2D eigenvalue weighted by molar-refractivity contribution is 0.207. The van der Waals surface area contributed by atoms with Gasteiger partial charge in [-0.1, -0.05) is 0 Å². The lowest BCUT2D eigenvalue weighted by Crippen LogP contribution is -2.49. The van der Waals surface area contributed by atoms with E-state index in [-0.39, 0.29) is 0 Å². The van der Waals surface area contributed by atoms with Gasteiger partial charge < -0.3 is 13.7 Å². The lowest BCUT2D eigenvalue weighted by Gasteiger charge is -2.36. The van der Waals surface area contributed by atoms with Gasteiger partial charge in [-0.2, -0.15) is 10.2 Å². The number of rotatable bonds is 3. The molecule has 1 aliphatic heterocycles. The van der Waals surface area contributed by atoms with E-state index < -0.39 is 0 Å². The van der Waals surface area contributed by atoms with E-state index in [2.05, 4.69) is 34.7 Å². The fourth-order valence-electron chi connectivity index (χ4n) is 2.55. The van der Waals surface area contributed by atoms with Crippen LogP contribution in [0.25, 0.3) is 11.7 Å². The Hall–Kier alpha value is -2.26. The van der Waals surface area contributed by atoms with Gasteiger partial charge in [0.15, 0.2) is 5.76 Å². The lowest BCUT2D eigenvalue weighted by atomic mass is 10.2. The minimum atomic E-state index is 0.319. The fourth-order valence-corrected chi connectivity index (χ4v) is 2.55. The molecule has 6 heteroatoms. The van der Waals surface area contributed by atoms with Crippen molar-refractivity contribution in [3.8, 4) is 17.7 Å². The molecule has 2 aromatic heterocycles. The van der Waals surface area contributed by atoms with E-state index in [4.69, 9.17) is 8.83 Å². The first-order valence-electron chi connectivity index (χ1n) is 7.13. The highest BCUT2D eigenvalue weighted by atomic mass is 16.4. The summed E-state index contributed by atoms with van der Waals surface area (Å²) in [7, 11) is 0. The van der Waals surface area contributed by atoms with Gasteiger partial charge in [0.25, 0.3) is 5.89 Å². The summed E-state index contributed by atoms with van der Waals surface area (Å²) < 4.78 is 11.0. The summed E-state index contributed by atoms with van der Waals surface area (Å²) >= 11 is 0. The number of hydrogen-bond acceptors (Lipinski definition) is 6. The molecule has 0 bridgehead atoms. The van der Waals surface area contributed by atoms with E-state index in [1.807, 2.05) is 0 Å². The first-order valence-corrected chi connectivity index (χ1v) is 7.13. The molecule has 2 aromatic rings. The van der Waals surface area contributed by atoms with Crippen molar-refractivity contribution in [2.45, 2.75) is 19.9 Å². The molecule has 0 spiro atoms. The topological polar surface area (TPSA) is 69.4 Å². The second-order valence-corrected chi connectivity index (χ2v) is 5.38. The second-order valence-electron chi connectivity index (χ2n) is 5.38. The maximum absolute atomic E-state index is 9.26. The second kappa shape index (κ2) is 5.62. The van der Waals surface area contributed by atoms with Crippen molar-refractivity contribution in [2.75, 3.05) is 31.1 Å². The Labute approximate surface area is 123 Å². The third kappa shape index (κ3) is 2.65. The van der Waals surface area contributed by atoms with E-state index in [1.165, 1.54) is 0 Å². The zero-order valence-corrected chi connectivity index (χ0v) is 12.2. The van der Waals surface area contributed by atoms with Crippen LogP contribution < -0.4 is 4.90 Å². The normalized spacial score (nSPS) is 16.4. The summed E-state index contributed by atoms with van der Waals surface area (Å²) in [6.45, 7) is 7.97. The summed E-state index contributed by atoms with van der Waals surface area (Å²) in [5.41, 5.74) is 0.319. The number of anilines is 1. The molecular formula is C15H18N4O2. The molecule has 6 nitrogen and oxygen atoms in total. The molecule has 1 saturated heterocycles. The van der Waals surface area contributed by atoms with Gasteiger partial charge in [0.1, 0.15) is 6.07 Å². The molecule has 0 radical (unpaired) electrons. The van der Waals surface area contributed by atoms with Crippen LogP contribution in [0.15, 0.2) is 27.2 Å². The Balaban J connectivity index is 1.81. The monoisotopic (exact) mass is 286 g/mol. The van der Waals surface area contributed by atoms with Gasteiger partial charge in [-0.3, -0.25) is 4.90 Å². The molecule has 3 rings (SSSR count). The summed E-state index contributed by atoms with van der Waals surface area (Å²) in [6, 6.07) is 6.19. The van der Waals surface area contributed by atoms with Crippen molar-refractivity contribution in [1.82, 2.24) is 9.88 Å². The highest BCUT2D eigenvalue weighted by molar-refractivity contribution is 5.55. The third-order valence-corrected chi connectivity index (χ3v) is 3.78. The maximum atomic E-state index is 9.26. The van der Waals surface area contributed by atoms with Crippen molar-refractivity contribution in [1.29, 1.82) is 5.26 Å². The first-order chi connectivity index (χ1) is 10.2. The van der Waals surface area contributed by atoms with Crippen molar-refractivity contribution in [3.63, 3.8) is 0 Å². The Morgan fingerprint density at radius 2 is 2.05 bits per heavy atom. The fraction of sp³-hybridized carbons (Fsp3) is 0.467. The van der Waals surface area contributed by atoms with Gasteiger partial charge in [-0.25, -0.2) is 0 Å². The summed E-state index contributed by atoms with van der Waals surface area (Å²) in [5, 5.41) is 9.26. The third-order valence-electron chi connectivity index (χ3n) is 3.78. The van der Waals surface area contributed by atoms with Gasteiger partial charge in [-0.05, 0) is 26.0 Å². The Morgan fingerprint density at radius 1 is 1.29 bits per heavy atom. The van der Waals surface area contributed by atoms with E-state index in [1.54, 1.807) is 18.4 Å². The van der Waals surface area contributed by atoms with Crippen LogP contribution in [0.2, 0.25) is 0 Å². The molecule has 0 amide bonds. The highest BCUT2D eigenvalue weighted by Gasteiger charge is 2.25. The number of furan rings is 1. The van der Waals surface area contributed by atoms with Crippen LogP contribution in [-0.2, 0) is 0 Å². The standard InChI is InChI=1S/C15H18N4O2/c1-11(2)18-5-7-19(8-6-18)15-12(10-16)17-14(21-15)13-4-3-9-20-13/h3-4,9,11H,5-8H2,1-2H3. The molecule has 0 saturated carbocycles. The number of hydrogen-bond donors (Lipinski definition) is 0. The number of nitriles is 1. The van der Waals surface area contributed by atoms with E-state index in [0.29, 0.717) is 29.3 Å². The van der Waals surface area contributed by atoms with E-state index in [0.717, 1.165) is 26.2 Å². The molecule has 0 aliphatic carbocycles. The highest BCUT2D eigenvalue weighted by Crippen LogP contribution is 2.29. The van der Waals surface area contributed by atoms with Gasteiger partial charge in [0.05, 0.1) is 6.26 Å². The summed E-state index contributed by atoms with van der Waals surface area (Å²) in [4.78, 5) is 8.71. The molecule has 3 heterocycles. The average molecular weight is 286 g/mol. The molecule has 110 valence electrons. The van der Waals surface area contributed by atoms with E-state index in [9.17, 15) is 5.26 Å². The molecule has 21 heavy (non-hydrogen) atoms. The van der Waals surface area contributed by atoms with Gasteiger partial charge in [-0.15, -0.1) is 0 Å². The van der Waals surface area contributed by atoms with Crippen LogP contribution in [-0.4, -0.2) is 42.1 Å². The number of nitrogens with zero attached hydrogens (tertiary/aromatic N) is 4. The first kappa shape index (κ1) is 13.7. The van der Waals surface area contributed by atoms with Crippen molar-refractivity contribution in [2.24, 2.45) is 0 Å². The SMILES string of the molecule is CC(C)N1CCN(c2oc(-c3ccco3)nc2C#N)CC1. The molecule has 1 aliphatic rings. The molecule has 0 N–H and O–H groups in total. The maximum Gasteiger partial charge on any atom is 0.266 e. The minimum absolute atomic E-state index is 0.319. The average Bonchev–Trinajstić information content (AvgIpc) is 3.16. The molecule has 0 atom stereocenters. The van der Waals surface area contributed by atoms with Gasteiger partial charge >= 0.3 is 0 Å². The largest absolute Gasteiger partial charge is 0.459 e. The van der Waals surface area contributed by atoms with Crippen molar-refractivity contribution < 1.29 is 8.83 Å². The van der Waals surface area contributed by atoms with Crippen molar-refractivity contribution in [3.05, 3.63) is 24.1 Å². The van der Waals surface area contributed by atoms with Crippen LogP contribution in [0.5, 0.6) is 0 Å². The van der Waals surface area contributed by atoms with Crippen LogP contribution in [0.1, 0.15) is 19.5 Å². The van der Waals surface area contributed by atoms with E-state index >= 15 is 0 Å². The predicted octanol–water partition coefficient (Wildman–Crippen LogP) is 2.34. The molecule has 1 fully saturated rings. The summed E-state index contributed by atoms with van der Waals surface area (Å²) in [6.07, 6.45) is 1.56. The van der Waals surface area contributed by atoms with Crippen LogP contribution in [0, 0.1) is 11.3 Å². The zero-order valence-electron chi connectivity index (χ0n) is 12.2. The minimum Gasteiger partial charge on any atom is -0.459 e. The smallest absolute Gasteiger partial charge is 0.266 e. The van der Waals surface area contributed by atoms with Crippen molar-refractivity contribution >= 4 is 5.88 Å². The summed E-state index contributed by atoms with van der Waals surface area (Å²) in [5.74, 6) is 1.45. The molecule has 0 unspecified atom stereocenters. The molecular weight excluding hydrogens is 268 g/mol. The van der Waals surface area contributed by atoms with Gasteiger partial charge in [0.2, 0.25) is 11.6 Å².